The maximum atomic E-state index is 8.74. The van der Waals surface area contributed by atoms with Crippen molar-refractivity contribution in [3.63, 3.8) is 0 Å². The third-order valence-corrected chi connectivity index (χ3v) is 3.94. The van der Waals surface area contributed by atoms with Crippen LogP contribution < -0.4 is 21.7 Å². The van der Waals surface area contributed by atoms with Crippen molar-refractivity contribution in [2.75, 3.05) is 36.0 Å². The highest BCUT2D eigenvalue weighted by atomic mass is 15.1. The van der Waals surface area contributed by atoms with Gasteiger partial charge in [-0.3, -0.25) is 0 Å². The third kappa shape index (κ3) is 4.08. The van der Waals surface area contributed by atoms with Crippen LogP contribution in [0.5, 0.6) is 0 Å². The van der Waals surface area contributed by atoms with Crippen LogP contribution in [-0.2, 0) is 0 Å². The molecular formula is C16H20N8. The second kappa shape index (κ2) is 7.57. The van der Waals surface area contributed by atoms with Crippen LogP contribution in [0.3, 0.4) is 0 Å². The van der Waals surface area contributed by atoms with Crippen molar-refractivity contribution in [2.45, 2.75) is 12.8 Å². The Bertz CT molecular complexity index is 716. The van der Waals surface area contributed by atoms with Crippen molar-refractivity contribution in [2.24, 2.45) is 5.92 Å². The molecule has 3 heterocycles. The summed E-state index contributed by atoms with van der Waals surface area (Å²) >= 11 is 0. The van der Waals surface area contributed by atoms with Gasteiger partial charge in [-0.1, -0.05) is 0 Å². The second-order valence-corrected chi connectivity index (χ2v) is 5.77. The zero-order chi connectivity index (χ0) is 16.8. The summed E-state index contributed by atoms with van der Waals surface area (Å²) in [5.41, 5.74) is 7.73. The maximum Gasteiger partial charge on any atom is 0.158 e. The molecule has 0 aliphatic carbocycles. The fraction of sp³-hybridized carbons (Fsp3) is 0.375. The molecule has 8 nitrogen and oxygen atoms in total. The molecule has 2 aromatic rings. The van der Waals surface area contributed by atoms with Crippen LogP contribution in [0.2, 0.25) is 0 Å². The molecule has 2 aromatic heterocycles. The molecule has 8 heteroatoms. The largest absolute Gasteiger partial charge is 0.396 e. The average molecular weight is 324 g/mol. The zero-order valence-corrected chi connectivity index (χ0v) is 13.3. The quantitative estimate of drug-likeness (QED) is 0.652. The van der Waals surface area contributed by atoms with Crippen LogP contribution in [0, 0.1) is 17.2 Å². The molecule has 3 rings (SSSR count). The average Bonchev–Trinajstić information content (AvgIpc) is 2.63. The number of nitrogens with zero attached hydrogens (tertiary/aromatic N) is 4. The van der Waals surface area contributed by atoms with Gasteiger partial charge in [-0.05, 0) is 31.8 Å². The van der Waals surface area contributed by atoms with Crippen molar-refractivity contribution in [1.82, 2.24) is 20.3 Å². The molecule has 0 aromatic carbocycles. The fourth-order valence-electron chi connectivity index (χ4n) is 2.62. The minimum Gasteiger partial charge on any atom is -0.396 e. The van der Waals surface area contributed by atoms with Crippen molar-refractivity contribution < 1.29 is 0 Å². The highest BCUT2D eigenvalue weighted by Crippen LogP contribution is 2.23. The van der Waals surface area contributed by atoms with E-state index in [-0.39, 0.29) is 5.69 Å². The molecule has 1 fully saturated rings. The number of hydrogen-bond donors (Lipinski definition) is 4. The van der Waals surface area contributed by atoms with Gasteiger partial charge in [0.25, 0.3) is 0 Å². The van der Waals surface area contributed by atoms with Crippen molar-refractivity contribution in [3.05, 3.63) is 30.4 Å². The molecule has 0 amide bonds. The molecule has 24 heavy (non-hydrogen) atoms. The number of piperidine rings is 1. The Balaban J connectivity index is 1.65. The Morgan fingerprint density at radius 1 is 1.25 bits per heavy atom. The molecule has 0 spiro atoms. The van der Waals surface area contributed by atoms with Crippen LogP contribution in [-0.4, -0.2) is 34.6 Å². The molecule has 1 atom stereocenters. The molecule has 0 saturated carbocycles. The van der Waals surface area contributed by atoms with E-state index in [1.807, 2.05) is 12.1 Å². The molecule has 0 bridgehead atoms. The van der Waals surface area contributed by atoms with E-state index in [4.69, 9.17) is 11.0 Å². The van der Waals surface area contributed by atoms with Gasteiger partial charge in [-0.2, -0.15) is 5.26 Å². The number of nitrogens with two attached hydrogens (primary N) is 1. The molecule has 1 saturated heterocycles. The summed E-state index contributed by atoms with van der Waals surface area (Å²) in [6, 6.07) is 3.79. The first-order chi connectivity index (χ1) is 11.7. The van der Waals surface area contributed by atoms with Crippen LogP contribution in [0.25, 0.3) is 0 Å². The summed E-state index contributed by atoms with van der Waals surface area (Å²) in [4.78, 5) is 12.3. The summed E-state index contributed by atoms with van der Waals surface area (Å²) in [6.07, 6.45) is 6.95. The molecule has 1 aliphatic heterocycles. The lowest BCUT2D eigenvalue weighted by molar-refractivity contribution is 0.393. The summed E-state index contributed by atoms with van der Waals surface area (Å²) in [6.45, 7) is 3.01. The number of rotatable bonds is 5. The zero-order valence-electron chi connectivity index (χ0n) is 13.3. The first kappa shape index (κ1) is 16.0. The van der Waals surface area contributed by atoms with Gasteiger partial charge in [0.1, 0.15) is 17.7 Å². The predicted octanol–water partition coefficient (Wildman–Crippen LogP) is 1.48. The number of aromatic nitrogens is 3. The van der Waals surface area contributed by atoms with E-state index < -0.39 is 0 Å². The van der Waals surface area contributed by atoms with Gasteiger partial charge in [0.15, 0.2) is 5.69 Å². The summed E-state index contributed by atoms with van der Waals surface area (Å²) in [7, 11) is 0. The highest BCUT2D eigenvalue weighted by Gasteiger charge is 2.13. The van der Waals surface area contributed by atoms with E-state index >= 15 is 0 Å². The van der Waals surface area contributed by atoms with E-state index in [2.05, 4.69) is 30.9 Å². The minimum absolute atomic E-state index is 0.272. The van der Waals surface area contributed by atoms with E-state index in [0.29, 0.717) is 23.2 Å². The van der Waals surface area contributed by atoms with Gasteiger partial charge in [-0.25, -0.2) is 15.0 Å². The summed E-state index contributed by atoms with van der Waals surface area (Å²) in [5, 5.41) is 18.6. The molecule has 1 aliphatic rings. The third-order valence-electron chi connectivity index (χ3n) is 3.94. The van der Waals surface area contributed by atoms with Crippen molar-refractivity contribution in [1.29, 1.82) is 5.26 Å². The fourth-order valence-corrected chi connectivity index (χ4v) is 2.62. The second-order valence-electron chi connectivity index (χ2n) is 5.77. The Morgan fingerprint density at radius 3 is 2.83 bits per heavy atom. The monoisotopic (exact) mass is 324 g/mol. The Morgan fingerprint density at radius 2 is 2.12 bits per heavy atom. The van der Waals surface area contributed by atoms with Crippen molar-refractivity contribution in [3.8, 4) is 6.07 Å². The van der Waals surface area contributed by atoms with Crippen molar-refractivity contribution >= 4 is 23.0 Å². The van der Waals surface area contributed by atoms with Gasteiger partial charge < -0.3 is 21.7 Å². The standard InChI is InChI=1S/C16H20N8/c17-5-12-8-22-16(10-20-12)24-15-4-14(13(18)9-23-15)21-7-11-2-1-3-19-6-11/h4,8-11,19H,1-3,6-7,18H2,(H2,21,22,23,24)/t11-/m0/s1. The number of anilines is 4. The maximum absolute atomic E-state index is 8.74. The van der Waals surface area contributed by atoms with Crippen LogP contribution in [0.15, 0.2) is 24.7 Å². The van der Waals surface area contributed by atoms with Gasteiger partial charge in [0, 0.05) is 12.6 Å². The molecule has 0 radical (unpaired) electrons. The van der Waals surface area contributed by atoms with Crippen LogP contribution in [0.1, 0.15) is 18.5 Å². The van der Waals surface area contributed by atoms with Gasteiger partial charge >= 0.3 is 0 Å². The molecule has 0 unspecified atom stereocenters. The Hall–Kier alpha value is -2.92. The number of hydrogen-bond acceptors (Lipinski definition) is 8. The number of pyridine rings is 1. The topological polar surface area (TPSA) is 125 Å². The first-order valence-electron chi connectivity index (χ1n) is 7.94. The predicted molar refractivity (Wildman–Crippen MR) is 92.8 cm³/mol. The van der Waals surface area contributed by atoms with E-state index in [0.717, 1.165) is 25.3 Å². The Labute approximate surface area is 140 Å². The van der Waals surface area contributed by atoms with E-state index in [9.17, 15) is 0 Å². The summed E-state index contributed by atoms with van der Waals surface area (Å²) in [5.74, 6) is 1.74. The van der Waals surface area contributed by atoms with E-state index in [1.54, 1.807) is 6.20 Å². The normalized spacial score (nSPS) is 17.0. The van der Waals surface area contributed by atoms with Gasteiger partial charge in [0.2, 0.25) is 0 Å². The summed E-state index contributed by atoms with van der Waals surface area (Å²) < 4.78 is 0. The molecule has 124 valence electrons. The molecule has 5 N–H and O–H groups in total. The van der Waals surface area contributed by atoms with E-state index in [1.165, 1.54) is 25.2 Å². The number of nitriles is 1. The van der Waals surface area contributed by atoms with Gasteiger partial charge in [-0.15, -0.1) is 0 Å². The first-order valence-corrected chi connectivity index (χ1v) is 7.94. The lowest BCUT2D eigenvalue weighted by atomic mass is 10.00. The lowest BCUT2D eigenvalue weighted by Gasteiger charge is -2.23. The number of nitrogens with one attached hydrogen (secondary N) is 3. The highest BCUT2D eigenvalue weighted by molar-refractivity contribution is 5.70. The minimum atomic E-state index is 0.272. The SMILES string of the molecule is N#Cc1cnc(Nc2cc(NC[C@H]3CCCNC3)c(N)cn2)cn1. The number of nitrogen functional groups attached to an aromatic ring is 1. The van der Waals surface area contributed by atoms with Crippen LogP contribution >= 0.6 is 0 Å². The molecular weight excluding hydrogens is 304 g/mol. The lowest BCUT2D eigenvalue weighted by Crippen LogP contribution is -2.33. The van der Waals surface area contributed by atoms with Gasteiger partial charge in [0.05, 0.1) is 30.0 Å². The smallest absolute Gasteiger partial charge is 0.158 e. The van der Waals surface area contributed by atoms with Crippen LogP contribution in [0.4, 0.5) is 23.0 Å². The Kier molecular flexibility index (Phi) is 5.03.